The summed E-state index contributed by atoms with van der Waals surface area (Å²) < 4.78 is 23.3. The maximum absolute atomic E-state index is 13.6. The molecule has 0 heterocycles. The zero-order chi connectivity index (χ0) is 18.9. The summed E-state index contributed by atoms with van der Waals surface area (Å²) >= 11 is 0. The van der Waals surface area contributed by atoms with Gasteiger partial charge in [0.05, 0.1) is 13.5 Å². The van der Waals surface area contributed by atoms with Crippen LogP contribution in [0.5, 0.6) is 5.75 Å². The predicted molar refractivity (Wildman–Crippen MR) is 95.5 cm³/mol. The molecule has 0 spiro atoms. The predicted octanol–water partition coefficient (Wildman–Crippen LogP) is 2.59. The standard InChI is InChI=1S/C20H22FNO4/c1-14-5-3-4-6-16(14)9-10-22-19(23)13-26-20(24)12-15-7-8-18(25-2)17(21)11-15/h3-8,11H,9-10,12-13H2,1-2H3,(H,22,23). The van der Waals surface area contributed by atoms with Crippen LogP contribution in [0.1, 0.15) is 16.7 Å². The van der Waals surface area contributed by atoms with Crippen molar-refractivity contribution < 1.29 is 23.5 Å². The molecule has 1 N–H and O–H groups in total. The first-order chi connectivity index (χ1) is 12.5. The molecule has 1 amide bonds. The smallest absolute Gasteiger partial charge is 0.310 e. The lowest BCUT2D eigenvalue weighted by Crippen LogP contribution is -2.30. The third kappa shape index (κ3) is 5.88. The minimum absolute atomic E-state index is 0.107. The number of benzene rings is 2. The highest BCUT2D eigenvalue weighted by Crippen LogP contribution is 2.18. The molecule has 0 unspecified atom stereocenters. The average molecular weight is 359 g/mol. The molecule has 0 aliphatic heterocycles. The Kier molecular flexibility index (Phi) is 7.14. The quantitative estimate of drug-likeness (QED) is 0.736. The van der Waals surface area contributed by atoms with Gasteiger partial charge in [-0.15, -0.1) is 0 Å². The van der Waals surface area contributed by atoms with E-state index in [9.17, 15) is 14.0 Å². The van der Waals surface area contributed by atoms with Gasteiger partial charge in [0, 0.05) is 6.54 Å². The number of methoxy groups -OCH3 is 1. The van der Waals surface area contributed by atoms with Gasteiger partial charge in [0.2, 0.25) is 0 Å². The summed E-state index contributed by atoms with van der Waals surface area (Å²) in [4.78, 5) is 23.5. The minimum Gasteiger partial charge on any atom is -0.494 e. The van der Waals surface area contributed by atoms with Crippen molar-refractivity contribution in [1.29, 1.82) is 0 Å². The van der Waals surface area contributed by atoms with Crippen LogP contribution in [0.4, 0.5) is 4.39 Å². The average Bonchev–Trinajstić information content (AvgIpc) is 2.62. The van der Waals surface area contributed by atoms with E-state index in [1.807, 2.05) is 31.2 Å². The Morgan fingerprint density at radius 1 is 1.15 bits per heavy atom. The van der Waals surface area contributed by atoms with Crippen molar-refractivity contribution in [2.45, 2.75) is 19.8 Å². The van der Waals surface area contributed by atoms with E-state index in [1.165, 1.54) is 24.8 Å². The van der Waals surface area contributed by atoms with Crippen LogP contribution in [0.25, 0.3) is 0 Å². The molecule has 26 heavy (non-hydrogen) atoms. The van der Waals surface area contributed by atoms with Gasteiger partial charge in [-0.25, -0.2) is 4.39 Å². The lowest BCUT2D eigenvalue weighted by molar-refractivity contribution is -0.147. The molecule has 6 heteroatoms. The van der Waals surface area contributed by atoms with E-state index < -0.39 is 11.8 Å². The highest BCUT2D eigenvalue weighted by atomic mass is 19.1. The monoisotopic (exact) mass is 359 g/mol. The number of ether oxygens (including phenoxy) is 2. The van der Waals surface area contributed by atoms with Crippen molar-refractivity contribution in [3.05, 3.63) is 65.0 Å². The first kappa shape index (κ1) is 19.4. The highest BCUT2D eigenvalue weighted by molar-refractivity contribution is 5.81. The molecule has 0 aliphatic carbocycles. The van der Waals surface area contributed by atoms with E-state index >= 15 is 0 Å². The summed E-state index contributed by atoms with van der Waals surface area (Å²) in [6, 6.07) is 12.2. The Morgan fingerprint density at radius 2 is 1.92 bits per heavy atom. The van der Waals surface area contributed by atoms with Crippen molar-refractivity contribution in [3.8, 4) is 5.75 Å². The van der Waals surface area contributed by atoms with Crippen LogP contribution in [-0.2, 0) is 27.2 Å². The van der Waals surface area contributed by atoms with Crippen molar-refractivity contribution in [2.75, 3.05) is 20.3 Å². The Hall–Kier alpha value is -2.89. The number of rotatable bonds is 8. The van der Waals surface area contributed by atoms with E-state index in [0.717, 1.165) is 5.56 Å². The molecule has 0 saturated heterocycles. The van der Waals surface area contributed by atoms with E-state index in [2.05, 4.69) is 5.32 Å². The van der Waals surface area contributed by atoms with Gasteiger partial charge < -0.3 is 14.8 Å². The summed E-state index contributed by atoms with van der Waals surface area (Å²) in [5.41, 5.74) is 2.78. The second kappa shape index (κ2) is 9.56. The van der Waals surface area contributed by atoms with Gasteiger partial charge in [0.15, 0.2) is 18.2 Å². The van der Waals surface area contributed by atoms with Crippen molar-refractivity contribution in [3.63, 3.8) is 0 Å². The van der Waals surface area contributed by atoms with Gasteiger partial charge in [-0.2, -0.15) is 0 Å². The Balaban J connectivity index is 1.70. The Morgan fingerprint density at radius 3 is 2.62 bits per heavy atom. The van der Waals surface area contributed by atoms with Gasteiger partial charge in [0.1, 0.15) is 0 Å². The molecule has 0 radical (unpaired) electrons. The summed E-state index contributed by atoms with van der Waals surface area (Å²) in [5, 5.41) is 2.71. The molecule has 2 aromatic carbocycles. The third-order valence-electron chi connectivity index (χ3n) is 3.91. The number of esters is 1. The number of amides is 1. The number of hydrogen-bond donors (Lipinski definition) is 1. The fourth-order valence-corrected chi connectivity index (χ4v) is 2.46. The number of carbonyl (C=O) groups excluding carboxylic acids is 2. The van der Waals surface area contributed by atoms with Crippen LogP contribution >= 0.6 is 0 Å². The van der Waals surface area contributed by atoms with Crippen LogP contribution in [0, 0.1) is 12.7 Å². The maximum atomic E-state index is 13.6. The van der Waals surface area contributed by atoms with Crippen LogP contribution in [-0.4, -0.2) is 32.1 Å². The van der Waals surface area contributed by atoms with Crippen LogP contribution in [0.2, 0.25) is 0 Å². The Bertz CT molecular complexity index is 776. The molecular formula is C20H22FNO4. The second-order valence-corrected chi connectivity index (χ2v) is 5.83. The number of aryl methyl sites for hydroxylation is 1. The topological polar surface area (TPSA) is 64.6 Å². The second-order valence-electron chi connectivity index (χ2n) is 5.83. The molecule has 0 aromatic heterocycles. The maximum Gasteiger partial charge on any atom is 0.310 e. The fourth-order valence-electron chi connectivity index (χ4n) is 2.46. The molecule has 0 fully saturated rings. The minimum atomic E-state index is -0.594. The van der Waals surface area contributed by atoms with Crippen molar-refractivity contribution in [2.24, 2.45) is 0 Å². The molecule has 2 rings (SSSR count). The molecule has 138 valence electrons. The molecule has 2 aromatic rings. The number of carbonyl (C=O) groups is 2. The van der Waals surface area contributed by atoms with Crippen LogP contribution in [0.3, 0.4) is 0 Å². The van der Waals surface area contributed by atoms with Gasteiger partial charge in [-0.3, -0.25) is 9.59 Å². The SMILES string of the molecule is COc1ccc(CC(=O)OCC(=O)NCCc2ccccc2C)cc1F. The third-order valence-corrected chi connectivity index (χ3v) is 3.91. The summed E-state index contributed by atoms with van der Waals surface area (Å²) in [7, 11) is 1.37. The van der Waals surface area contributed by atoms with Gasteiger partial charge >= 0.3 is 5.97 Å². The van der Waals surface area contributed by atoms with E-state index in [-0.39, 0.29) is 24.7 Å². The van der Waals surface area contributed by atoms with Crippen molar-refractivity contribution in [1.82, 2.24) is 5.32 Å². The molecule has 0 aliphatic rings. The molecule has 0 atom stereocenters. The first-order valence-corrected chi connectivity index (χ1v) is 8.29. The Labute approximate surface area is 152 Å². The normalized spacial score (nSPS) is 10.3. The van der Waals surface area contributed by atoms with Crippen molar-refractivity contribution >= 4 is 11.9 Å². The number of hydrogen-bond acceptors (Lipinski definition) is 4. The number of nitrogens with one attached hydrogen (secondary N) is 1. The van der Waals surface area contributed by atoms with Crippen LogP contribution in [0.15, 0.2) is 42.5 Å². The van der Waals surface area contributed by atoms with E-state index in [0.29, 0.717) is 18.5 Å². The highest BCUT2D eigenvalue weighted by Gasteiger charge is 2.11. The fraction of sp³-hybridized carbons (Fsp3) is 0.300. The van der Waals surface area contributed by atoms with Crippen LogP contribution < -0.4 is 10.1 Å². The molecule has 0 saturated carbocycles. The zero-order valence-corrected chi connectivity index (χ0v) is 14.9. The van der Waals surface area contributed by atoms with Gasteiger partial charge in [-0.05, 0) is 42.2 Å². The molecular weight excluding hydrogens is 337 g/mol. The van der Waals surface area contributed by atoms with Gasteiger partial charge in [0.25, 0.3) is 5.91 Å². The van der Waals surface area contributed by atoms with Gasteiger partial charge in [-0.1, -0.05) is 30.3 Å². The summed E-state index contributed by atoms with van der Waals surface area (Å²) in [5.74, 6) is -1.40. The lowest BCUT2D eigenvalue weighted by atomic mass is 10.1. The van der Waals surface area contributed by atoms with E-state index in [4.69, 9.17) is 9.47 Å². The number of halogens is 1. The molecule has 5 nitrogen and oxygen atoms in total. The lowest BCUT2D eigenvalue weighted by Gasteiger charge is -2.09. The summed E-state index contributed by atoms with van der Waals surface area (Å²) in [6.45, 7) is 2.12. The van der Waals surface area contributed by atoms with E-state index in [1.54, 1.807) is 6.07 Å². The zero-order valence-electron chi connectivity index (χ0n) is 14.9. The summed E-state index contributed by atoms with van der Waals surface area (Å²) in [6.07, 6.45) is 0.592. The molecule has 0 bridgehead atoms. The first-order valence-electron chi connectivity index (χ1n) is 8.29. The largest absolute Gasteiger partial charge is 0.494 e.